The summed E-state index contributed by atoms with van der Waals surface area (Å²) >= 11 is 0. The molecule has 2 rings (SSSR count). The number of amides is 3. The molecule has 0 saturated heterocycles. The van der Waals surface area contributed by atoms with Gasteiger partial charge in [0, 0.05) is 28.7 Å². The van der Waals surface area contributed by atoms with E-state index >= 15 is 0 Å². The van der Waals surface area contributed by atoms with E-state index in [2.05, 4.69) is 44.2 Å². The monoisotopic (exact) mass is 397 g/mol. The summed E-state index contributed by atoms with van der Waals surface area (Å²) in [5.41, 5.74) is 3.04. The van der Waals surface area contributed by atoms with Gasteiger partial charge in [-0.1, -0.05) is 32.6 Å². The van der Waals surface area contributed by atoms with Gasteiger partial charge in [-0.3, -0.25) is 4.79 Å². The normalized spacial score (nSPS) is 15.6. The van der Waals surface area contributed by atoms with Crippen LogP contribution in [-0.4, -0.2) is 24.0 Å². The van der Waals surface area contributed by atoms with Crippen LogP contribution in [0.25, 0.3) is 0 Å². The number of carbonyl (C=O) groups excluding carboxylic acids is 2. The van der Waals surface area contributed by atoms with Gasteiger partial charge in [0.1, 0.15) is 0 Å². The van der Waals surface area contributed by atoms with Crippen molar-refractivity contribution in [3.8, 4) is 0 Å². The summed E-state index contributed by atoms with van der Waals surface area (Å²) in [7, 11) is 0. The molecule has 1 heterocycles. The molecule has 5 heteroatoms. The number of nitrogens with one attached hydrogen (secondary N) is 2. The number of hydrogen-bond acceptors (Lipinski definition) is 2. The van der Waals surface area contributed by atoms with Gasteiger partial charge in [-0.05, 0) is 57.0 Å². The Morgan fingerprint density at radius 1 is 1.28 bits per heavy atom. The van der Waals surface area contributed by atoms with Crippen LogP contribution in [0, 0.1) is 0 Å². The van der Waals surface area contributed by atoms with Crippen molar-refractivity contribution in [1.82, 2.24) is 5.32 Å². The van der Waals surface area contributed by atoms with E-state index < -0.39 is 0 Å². The second kappa shape index (κ2) is 9.59. The topological polar surface area (TPSA) is 61.4 Å². The van der Waals surface area contributed by atoms with E-state index in [1.54, 1.807) is 11.0 Å². The first-order chi connectivity index (χ1) is 13.5. The van der Waals surface area contributed by atoms with E-state index in [9.17, 15) is 9.59 Å². The van der Waals surface area contributed by atoms with Crippen LogP contribution >= 0.6 is 0 Å². The second-order valence-electron chi connectivity index (χ2n) is 8.67. The summed E-state index contributed by atoms with van der Waals surface area (Å²) < 4.78 is 0. The number of anilines is 2. The number of carbonyl (C=O) groups is 2. The quantitative estimate of drug-likeness (QED) is 0.516. The highest BCUT2D eigenvalue weighted by Crippen LogP contribution is 2.41. The molecule has 0 unspecified atom stereocenters. The highest BCUT2D eigenvalue weighted by molar-refractivity contribution is 5.99. The Morgan fingerprint density at radius 3 is 2.41 bits per heavy atom. The lowest BCUT2D eigenvalue weighted by Crippen LogP contribution is -2.44. The third-order valence-corrected chi connectivity index (χ3v) is 4.63. The number of urea groups is 1. The molecule has 0 saturated carbocycles. The van der Waals surface area contributed by atoms with Crippen molar-refractivity contribution >= 4 is 23.3 Å². The first-order valence-corrected chi connectivity index (χ1v) is 9.78. The van der Waals surface area contributed by atoms with E-state index in [1.165, 1.54) is 0 Å². The Morgan fingerprint density at radius 2 is 1.90 bits per heavy atom. The largest absolute Gasteiger partial charge is 0.333 e. The Labute approximate surface area is 175 Å². The minimum absolute atomic E-state index is 0.0971. The Kier molecular flexibility index (Phi) is 8.01. The van der Waals surface area contributed by atoms with Gasteiger partial charge in [0.05, 0.1) is 6.54 Å². The Balaban J connectivity index is 0.00000204. The van der Waals surface area contributed by atoms with E-state index in [0.717, 1.165) is 16.8 Å². The third kappa shape index (κ3) is 6.34. The molecule has 0 atom stereocenters. The number of allylic oxidation sites excluding steroid dienone is 1. The fraction of sp³-hybridized carbons (Fsp3) is 0.417. The lowest BCUT2D eigenvalue weighted by molar-refractivity contribution is -0.120. The van der Waals surface area contributed by atoms with Crippen LogP contribution < -0.4 is 15.5 Å². The van der Waals surface area contributed by atoms with Crippen molar-refractivity contribution in [3.63, 3.8) is 0 Å². The Bertz CT molecular complexity index is 801. The first-order valence-electron chi connectivity index (χ1n) is 9.78. The molecule has 2 N–H and O–H groups in total. The zero-order chi connectivity index (χ0) is 22.4. The van der Waals surface area contributed by atoms with Gasteiger partial charge in [-0.15, -0.1) is 13.2 Å². The van der Waals surface area contributed by atoms with E-state index in [4.69, 9.17) is 0 Å². The van der Waals surface area contributed by atoms with Crippen LogP contribution in [0.3, 0.4) is 0 Å². The van der Waals surface area contributed by atoms with Crippen molar-refractivity contribution in [2.24, 2.45) is 0 Å². The summed E-state index contributed by atoms with van der Waals surface area (Å²) in [6, 6.07) is 5.48. The fourth-order valence-electron chi connectivity index (χ4n) is 3.23. The molecule has 5 nitrogen and oxygen atoms in total. The third-order valence-electron chi connectivity index (χ3n) is 4.63. The predicted molar refractivity (Wildman–Crippen MR) is 124 cm³/mol. The highest BCUT2D eigenvalue weighted by atomic mass is 16.2. The molecule has 0 radical (unpaired) electrons. The Hall–Kier alpha value is -2.82. The van der Waals surface area contributed by atoms with E-state index in [1.807, 2.05) is 52.0 Å². The smallest absolute Gasteiger partial charge is 0.319 e. The molecule has 1 aromatic rings. The zero-order valence-corrected chi connectivity index (χ0v) is 18.7. The lowest BCUT2D eigenvalue weighted by Gasteiger charge is -2.39. The van der Waals surface area contributed by atoms with Crippen LogP contribution in [0.15, 0.2) is 55.7 Å². The maximum absolute atomic E-state index is 12.7. The van der Waals surface area contributed by atoms with Crippen LogP contribution in [0.4, 0.5) is 16.2 Å². The summed E-state index contributed by atoms with van der Waals surface area (Å²) in [5, 5.41) is 5.79. The summed E-state index contributed by atoms with van der Waals surface area (Å²) in [6.45, 7) is 22.2. The van der Waals surface area contributed by atoms with Gasteiger partial charge in [-0.2, -0.15) is 0 Å². The standard InChI is InChI=1S/C22H31N3O2.C2H4/c1-8-15(9-2)14-25-18-11-10-16(23-20(27)24-21(3,4)5)12-17(18)22(6,7)13-19(25)26;1-2/h8-12H,1,13-14H2,2-7H3,(H2,23,24,27);1-2H2/b15-9+;. The van der Waals surface area contributed by atoms with Gasteiger partial charge in [0.25, 0.3) is 0 Å². The molecule has 1 aliphatic rings. The fourth-order valence-corrected chi connectivity index (χ4v) is 3.23. The van der Waals surface area contributed by atoms with Crippen LogP contribution in [0.2, 0.25) is 0 Å². The predicted octanol–water partition coefficient (Wildman–Crippen LogP) is 5.56. The van der Waals surface area contributed by atoms with Crippen LogP contribution in [-0.2, 0) is 10.2 Å². The number of benzene rings is 1. The summed E-state index contributed by atoms with van der Waals surface area (Å²) in [5.74, 6) is 0.0971. The van der Waals surface area contributed by atoms with Gasteiger partial charge in [0.2, 0.25) is 5.91 Å². The molecule has 1 aromatic carbocycles. The van der Waals surface area contributed by atoms with Gasteiger partial charge in [-0.25, -0.2) is 4.79 Å². The van der Waals surface area contributed by atoms with E-state index in [-0.39, 0.29) is 22.9 Å². The first kappa shape index (κ1) is 24.2. The number of hydrogen-bond donors (Lipinski definition) is 2. The molecule has 0 bridgehead atoms. The van der Waals surface area contributed by atoms with Crippen molar-refractivity contribution in [2.75, 3.05) is 16.8 Å². The van der Waals surface area contributed by atoms with Gasteiger partial charge < -0.3 is 15.5 Å². The maximum Gasteiger partial charge on any atom is 0.319 e. The van der Waals surface area contributed by atoms with Crippen molar-refractivity contribution < 1.29 is 9.59 Å². The lowest BCUT2D eigenvalue weighted by atomic mass is 9.77. The zero-order valence-electron chi connectivity index (χ0n) is 18.7. The molecule has 0 aromatic heterocycles. The summed E-state index contributed by atoms with van der Waals surface area (Å²) in [4.78, 5) is 26.7. The van der Waals surface area contributed by atoms with E-state index in [0.29, 0.717) is 18.7 Å². The van der Waals surface area contributed by atoms with Crippen LogP contribution in [0.5, 0.6) is 0 Å². The average Bonchev–Trinajstić information content (AvgIpc) is 2.62. The molecule has 158 valence electrons. The molecular weight excluding hydrogens is 362 g/mol. The average molecular weight is 398 g/mol. The second-order valence-corrected chi connectivity index (χ2v) is 8.67. The number of fused-ring (bicyclic) bond motifs is 1. The van der Waals surface area contributed by atoms with Crippen molar-refractivity contribution in [2.45, 2.75) is 58.9 Å². The summed E-state index contributed by atoms with van der Waals surface area (Å²) in [6.07, 6.45) is 4.16. The maximum atomic E-state index is 12.7. The molecule has 1 aliphatic heterocycles. The van der Waals surface area contributed by atoms with Gasteiger partial charge >= 0.3 is 6.03 Å². The van der Waals surface area contributed by atoms with Gasteiger partial charge in [0.15, 0.2) is 0 Å². The number of rotatable bonds is 4. The SMILES string of the molecule is C=C.C=C/C(=C\C)CN1C(=O)CC(C)(C)c2cc(NC(=O)NC(C)(C)C)ccc21. The van der Waals surface area contributed by atoms with Crippen molar-refractivity contribution in [3.05, 3.63) is 61.2 Å². The van der Waals surface area contributed by atoms with Crippen molar-refractivity contribution in [1.29, 1.82) is 0 Å². The number of nitrogens with zero attached hydrogens (tertiary/aromatic N) is 1. The molecule has 0 fully saturated rings. The molecule has 29 heavy (non-hydrogen) atoms. The van der Waals surface area contributed by atoms with Crippen LogP contribution in [0.1, 0.15) is 53.5 Å². The molecule has 0 spiro atoms. The molecule has 3 amide bonds. The minimum Gasteiger partial charge on any atom is -0.333 e. The molecular formula is C24H35N3O2. The minimum atomic E-state index is -0.311. The highest BCUT2D eigenvalue weighted by Gasteiger charge is 2.36. The molecule has 0 aliphatic carbocycles.